The van der Waals surface area contributed by atoms with Crippen LogP contribution in [0.4, 0.5) is 0 Å². The topological polar surface area (TPSA) is 35.5 Å². The Balaban J connectivity index is 1.18. The molecule has 0 bridgehead atoms. The molecule has 3 heteroatoms. The summed E-state index contributed by atoms with van der Waals surface area (Å²) in [5.74, 6) is 5.76. The molecule has 1 aromatic rings. The summed E-state index contributed by atoms with van der Waals surface area (Å²) < 4.78 is 11.9. The van der Waals surface area contributed by atoms with Gasteiger partial charge in [0.1, 0.15) is 11.9 Å². The van der Waals surface area contributed by atoms with Gasteiger partial charge >= 0.3 is 5.97 Å². The molecule has 0 heterocycles. The molecular weight excluding hydrogens is 516 g/mol. The van der Waals surface area contributed by atoms with Gasteiger partial charge in [0.15, 0.2) is 0 Å². The minimum absolute atomic E-state index is 0.00486. The SMILES string of the molecule is CCCCCOc1ccc(C(=O)OC2CCC3(C)C(=CCC4C3CCC3(C)C(C(C)CCCC(C)C)CCC43)C2)cc1. The van der Waals surface area contributed by atoms with E-state index in [1.165, 1.54) is 64.2 Å². The van der Waals surface area contributed by atoms with Gasteiger partial charge in [-0.3, -0.25) is 0 Å². The minimum atomic E-state index is -0.191. The minimum Gasteiger partial charge on any atom is -0.494 e. The van der Waals surface area contributed by atoms with Crippen LogP contribution >= 0.6 is 0 Å². The van der Waals surface area contributed by atoms with Gasteiger partial charge in [-0.15, -0.1) is 0 Å². The smallest absolute Gasteiger partial charge is 0.338 e. The fourth-order valence-corrected chi connectivity index (χ4v) is 10.2. The second kappa shape index (κ2) is 13.5. The number of unbranched alkanes of at least 4 members (excludes halogenated alkanes) is 2. The molecular formula is C39H60O3. The Hall–Kier alpha value is -1.77. The Morgan fingerprint density at radius 2 is 1.71 bits per heavy atom. The van der Waals surface area contributed by atoms with Crippen molar-refractivity contribution >= 4 is 5.97 Å². The second-order valence-electron chi connectivity index (χ2n) is 15.6. The van der Waals surface area contributed by atoms with E-state index in [-0.39, 0.29) is 17.5 Å². The van der Waals surface area contributed by atoms with Crippen LogP contribution < -0.4 is 4.74 Å². The van der Waals surface area contributed by atoms with Crippen LogP contribution in [0.25, 0.3) is 0 Å². The number of ether oxygens (including phenoxy) is 2. The van der Waals surface area contributed by atoms with Gasteiger partial charge in [-0.05, 0) is 122 Å². The zero-order valence-electron chi connectivity index (χ0n) is 27.8. The number of esters is 1. The Bertz CT molecular complexity index is 1070. The van der Waals surface area contributed by atoms with Gasteiger partial charge in [0.25, 0.3) is 0 Å². The number of carbonyl (C=O) groups excluding carboxylic acids is 1. The Labute approximate surface area is 257 Å². The molecule has 0 aromatic heterocycles. The lowest BCUT2D eigenvalue weighted by molar-refractivity contribution is -0.0594. The van der Waals surface area contributed by atoms with E-state index in [2.05, 4.69) is 47.6 Å². The molecule has 0 N–H and O–H groups in total. The number of allylic oxidation sites excluding steroid dienone is 1. The number of hydrogen-bond acceptors (Lipinski definition) is 3. The van der Waals surface area contributed by atoms with Crippen LogP contribution in [0.1, 0.15) is 142 Å². The molecule has 3 nitrogen and oxygen atoms in total. The molecule has 42 heavy (non-hydrogen) atoms. The summed E-state index contributed by atoms with van der Waals surface area (Å²) in [5.41, 5.74) is 3.03. The molecule has 0 saturated heterocycles. The first-order chi connectivity index (χ1) is 20.2. The molecule has 8 atom stereocenters. The first kappa shape index (κ1) is 31.6. The van der Waals surface area contributed by atoms with Gasteiger partial charge in [0.2, 0.25) is 0 Å². The third-order valence-electron chi connectivity index (χ3n) is 12.6. The van der Waals surface area contributed by atoms with Crippen LogP contribution in [-0.4, -0.2) is 18.7 Å². The van der Waals surface area contributed by atoms with Gasteiger partial charge < -0.3 is 9.47 Å². The number of fused-ring (bicyclic) bond motifs is 5. The summed E-state index contributed by atoms with van der Waals surface area (Å²) in [6.45, 7) is 15.5. The Kier molecular flexibility index (Phi) is 10.2. The van der Waals surface area contributed by atoms with E-state index in [1.54, 1.807) is 5.57 Å². The maximum Gasteiger partial charge on any atom is 0.338 e. The Morgan fingerprint density at radius 3 is 2.45 bits per heavy atom. The molecule has 0 spiro atoms. The fourth-order valence-electron chi connectivity index (χ4n) is 10.2. The zero-order valence-corrected chi connectivity index (χ0v) is 27.8. The lowest BCUT2D eigenvalue weighted by Crippen LogP contribution is -2.51. The highest BCUT2D eigenvalue weighted by atomic mass is 16.5. The third-order valence-corrected chi connectivity index (χ3v) is 12.6. The maximum atomic E-state index is 13.1. The van der Waals surface area contributed by atoms with Crippen molar-refractivity contribution in [3.63, 3.8) is 0 Å². The van der Waals surface area contributed by atoms with Crippen molar-refractivity contribution in [2.45, 2.75) is 138 Å². The van der Waals surface area contributed by atoms with E-state index >= 15 is 0 Å². The summed E-state index contributed by atoms with van der Waals surface area (Å²) >= 11 is 0. The monoisotopic (exact) mass is 576 g/mol. The largest absolute Gasteiger partial charge is 0.494 e. The van der Waals surface area contributed by atoms with Gasteiger partial charge in [0, 0.05) is 6.42 Å². The van der Waals surface area contributed by atoms with Crippen molar-refractivity contribution in [3.8, 4) is 5.75 Å². The van der Waals surface area contributed by atoms with Crippen LogP contribution in [0, 0.1) is 46.3 Å². The van der Waals surface area contributed by atoms with E-state index in [0.29, 0.717) is 11.0 Å². The highest BCUT2D eigenvalue weighted by molar-refractivity contribution is 5.89. The number of hydrogen-bond donors (Lipinski definition) is 0. The average Bonchev–Trinajstić information content (AvgIpc) is 3.33. The predicted molar refractivity (Wildman–Crippen MR) is 174 cm³/mol. The molecule has 3 fully saturated rings. The van der Waals surface area contributed by atoms with Crippen molar-refractivity contribution in [2.24, 2.45) is 46.3 Å². The highest BCUT2D eigenvalue weighted by Crippen LogP contribution is 2.67. The fraction of sp³-hybridized carbons (Fsp3) is 0.769. The van der Waals surface area contributed by atoms with Crippen molar-refractivity contribution in [3.05, 3.63) is 41.5 Å². The third kappa shape index (κ3) is 6.51. The van der Waals surface area contributed by atoms with Gasteiger partial charge in [-0.25, -0.2) is 4.79 Å². The second-order valence-corrected chi connectivity index (χ2v) is 15.6. The van der Waals surface area contributed by atoms with Crippen LogP contribution in [0.2, 0.25) is 0 Å². The molecule has 3 saturated carbocycles. The van der Waals surface area contributed by atoms with Gasteiger partial charge in [-0.2, -0.15) is 0 Å². The first-order valence-corrected chi connectivity index (χ1v) is 17.8. The van der Waals surface area contributed by atoms with Crippen LogP contribution in [0.3, 0.4) is 0 Å². The van der Waals surface area contributed by atoms with E-state index in [0.717, 1.165) is 73.5 Å². The maximum absolute atomic E-state index is 13.1. The molecule has 0 radical (unpaired) electrons. The zero-order chi connectivity index (χ0) is 29.9. The van der Waals surface area contributed by atoms with E-state index in [1.807, 2.05) is 24.3 Å². The highest BCUT2D eigenvalue weighted by Gasteiger charge is 2.59. The molecule has 4 aliphatic carbocycles. The van der Waals surface area contributed by atoms with Crippen molar-refractivity contribution in [2.75, 3.05) is 6.61 Å². The molecule has 5 rings (SSSR count). The summed E-state index contributed by atoms with van der Waals surface area (Å²) in [6, 6.07) is 7.52. The molecule has 1 aromatic carbocycles. The standard InChI is InChI=1S/C39H60O3/c1-7-8-9-25-41-31-16-13-29(14-17-31)37(40)42-32-21-23-38(5)30(26-32)15-18-33-35-20-19-34(28(4)12-10-11-27(2)3)39(35,6)24-22-36(33)38/h13-17,27-28,32-36H,7-12,18-26H2,1-6H3. The Morgan fingerprint density at radius 1 is 0.929 bits per heavy atom. The van der Waals surface area contributed by atoms with Crippen LogP contribution in [0.5, 0.6) is 5.75 Å². The molecule has 4 aliphatic rings. The quantitative estimate of drug-likeness (QED) is 0.141. The van der Waals surface area contributed by atoms with Crippen LogP contribution in [0.15, 0.2) is 35.9 Å². The van der Waals surface area contributed by atoms with E-state index in [9.17, 15) is 4.79 Å². The lowest BCUT2D eigenvalue weighted by Gasteiger charge is -2.58. The summed E-state index contributed by atoms with van der Waals surface area (Å²) in [5, 5.41) is 0. The number of carbonyl (C=O) groups is 1. The molecule has 234 valence electrons. The normalized spacial score (nSPS) is 34.6. The summed E-state index contributed by atoms with van der Waals surface area (Å²) in [6.07, 6.45) is 20.2. The number of benzene rings is 1. The molecule has 0 amide bonds. The van der Waals surface area contributed by atoms with E-state index < -0.39 is 0 Å². The van der Waals surface area contributed by atoms with Gasteiger partial charge in [0.05, 0.1) is 12.2 Å². The predicted octanol–water partition coefficient (Wildman–Crippen LogP) is 10.8. The van der Waals surface area contributed by atoms with E-state index in [4.69, 9.17) is 9.47 Å². The van der Waals surface area contributed by atoms with Crippen LogP contribution in [-0.2, 0) is 4.74 Å². The number of rotatable bonds is 12. The summed E-state index contributed by atoms with van der Waals surface area (Å²) in [4.78, 5) is 13.1. The molecule has 8 unspecified atom stereocenters. The van der Waals surface area contributed by atoms with Crippen molar-refractivity contribution in [1.29, 1.82) is 0 Å². The van der Waals surface area contributed by atoms with Crippen molar-refractivity contribution in [1.82, 2.24) is 0 Å². The van der Waals surface area contributed by atoms with Crippen molar-refractivity contribution < 1.29 is 14.3 Å². The lowest BCUT2D eigenvalue weighted by atomic mass is 9.47. The summed E-state index contributed by atoms with van der Waals surface area (Å²) in [7, 11) is 0. The molecule has 0 aliphatic heterocycles. The average molecular weight is 577 g/mol. The first-order valence-electron chi connectivity index (χ1n) is 17.8. The van der Waals surface area contributed by atoms with Gasteiger partial charge in [-0.1, -0.05) is 85.3 Å².